The molecule has 0 aromatic heterocycles. The first-order valence-electron chi connectivity index (χ1n) is 6.86. The topological polar surface area (TPSA) is 55.8 Å². The monoisotopic (exact) mass is 294 g/mol. The van der Waals surface area contributed by atoms with Crippen LogP contribution in [-0.4, -0.2) is 29.4 Å². The maximum Gasteiger partial charge on any atom is 0.328 e. The largest absolute Gasteiger partial charge is 0.491 e. The number of halogens is 1. The summed E-state index contributed by atoms with van der Waals surface area (Å²) < 4.78 is 24.8. The van der Waals surface area contributed by atoms with Gasteiger partial charge in [-0.15, -0.1) is 0 Å². The number of aliphatic carboxylic acids is 1. The second-order valence-corrected chi connectivity index (χ2v) is 5.74. The van der Waals surface area contributed by atoms with E-state index in [0.29, 0.717) is 17.9 Å². The molecular formula is C16H19FO4. The van der Waals surface area contributed by atoms with Crippen LogP contribution in [0.4, 0.5) is 4.39 Å². The fourth-order valence-electron chi connectivity index (χ4n) is 2.32. The first kappa shape index (κ1) is 15.5. The molecule has 1 aromatic rings. The zero-order valence-electron chi connectivity index (χ0n) is 12.1. The molecule has 0 aliphatic carbocycles. The van der Waals surface area contributed by atoms with Gasteiger partial charge in [-0.05, 0) is 50.5 Å². The molecule has 0 amide bonds. The van der Waals surface area contributed by atoms with E-state index < -0.39 is 11.8 Å². The van der Waals surface area contributed by atoms with Crippen molar-refractivity contribution in [1.29, 1.82) is 0 Å². The minimum Gasteiger partial charge on any atom is -0.491 e. The quantitative estimate of drug-likeness (QED) is 0.847. The summed E-state index contributed by atoms with van der Waals surface area (Å²) in [5.41, 5.74) is 0.311. The zero-order valence-corrected chi connectivity index (χ0v) is 12.1. The predicted octanol–water partition coefficient (Wildman–Crippen LogP) is 3.26. The first-order valence-corrected chi connectivity index (χ1v) is 6.86. The maximum absolute atomic E-state index is 13.5. The number of carboxylic acids is 1. The van der Waals surface area contributed by atoms with Crippen LogP contribution < -0.4 is 4.74 Å². The lowest BCUT2D eigenvalue weighted by atomic mass is 10.1. The van der Waals surface area contributed by atoms with Gasteiger partial charge < -0.3 is 14.6 Å². The fourth-order valence-corrected chi connectivity index (χ4v) is 2.32. The van der Waals surface area contributed by atoms with Crippen LogP contribution in [0.3, 0.4) is 0 Å². The predicted molar refractivity (Wildman–Crippen MR) is 76.8 cm³/mol. The smallest absolute Gasteiger partial charge is 0.328 e. The van der Waals surface area contributed by atoms with Gasteiger partial charge in [-0.3, -0.25) is 0 Å². The normalized spacial score (nSPS) is 20.8. The molecule has 1 unspecified atom stereocenters. The average molecular weight is 294 g/mol. The van der Waals surface area contributed by atoms with Gasteiger partial charge in [-0.1, -0.05) is 0 Å². The Hall–Kier alpha value is -1.88. The summed E-state index contributed by atoms with van der Waals surface area (Å²) in [4.78, 5) is 10.5. The second kappa shape index (κ2) is 6.26. The third-order valence-corrected chi connectivity index (χ3v) is 3.30. The molecule has 21 heavy (non-hydrogen) atoms. The minimum absolute atomic E-state index is 0.00118. The van der Waals surface area contributed by atoms with Gasteiger partial charge in [0.25, 0.3) is 0 Å². The summed E-state index contributed by atoms with van der Waals surface area (Å²) >= 11 is 0. The number of hydrogen-bond donors (Lipinski definition) is 1. The molecule has 1 saturated heterocycles. The molecule has 4 nitrogen and oxygen atoms in total. The Bertz CT molecular complexity index is 551. The summed E-state index contributed by atoms with van der Waals surface area (Å²) in [6.45, 7) is 4.42. The van der Waals surface area contributed by atoms with Crippen molar-refractivity contribution < 1.29 is 23.8 Å². The average Bonchev–Trinajstić information content (AvgIpc) is 2.73. The van der Waals surface area contributed by atoms with Crippen LogP contribution >= 0.6 is 0 Å². The standard InChI is InChI=1S/C16H19FO4/c1-16(2)6-5-13(21-16)10-20-14-8-11(3-4-15(18)19)7-12(17)9-14/h3-4,7-9,13H,5-6,10H2,1-2H3,(H,18,19)/b4-3+. The van der Waals surface area contributed by atoms with Crippen LogP contribution in [-0.2, 0) is 9.53 Å². The van der Waals surface area contributed by atoms with Crippen molar-refractivity contribution in [3.63, 3.8) is 0 Å². The molecule has 1 heterocycles. The van der Waals surface area contributed by atoms with Gasteiger partial charge in [-0.25, -0.2) is 9.18 Å². The second-order valence-electron chi connectivity index (χ2n) is 5.74. The van der Waals surface area contributed by atoms with E-state index in [1.54, 1.807) is 6.07 Å². The van der Waals surface area contributed by atoms with E-state index >= 15 is 0 Å². The van der Waals surface area contributed by atoms with E-state index in [2.05, 4.69) is 0 Å². The lowest BCUT2D eigenvalue weighted by Crippen LogP contribution is -2.23. The Morgan fingerprint density at radius 2 is 2.29 bits per heavy atom. The lowest BCUT2D eigenvalue weighted by Gasteiger charge is -2.19. The SMILES string of the molecule is CC1(C)CCC(COc2cc(F)cc(/C=C/C(=O)O)c2)O1. The van der Waals surface area contributed by atoms with Crippen molar-refractivity contribution in [2.45, 2.75) is 38.4 Å². The molecule has 2 rings (SSSR count). The van der Waals surface area contributed by atoms with E-state index in [4.69, 9.17) is 14.6 Å². The van der Waals surface area contributed by atoms with E-state index in [1.807, 2.05) is 13.8 Å². The summed E-state index contributed by atoms with van der Waals surface area (Å²) in [5.74, 6) is -1.18. The molecular weight excluding hydrogens is 275 g/mol. The Morgan fingerprint density at radius 3 is 2.90 bits per heavy atom. The van der Waals surface area contributed by atoms with Gasteiger partial charge in [0.2, 0.25) is 0 Å². The highest BCUT2D eigenvalue weighted by Gasteiger charge is 2.31. The number of benzene rings is 1. The van der Waals surface area contributed by atoms with Crippen LogP contribution in [0.2, 0.25) is 0 Å². The van der Waals surface area contributed by atoms with E-state index in [1.165, 1.54) is 18.2 Å². The molecule has 1 atom stereocenters. The Kier molecular flexibility index (Phi) is 4.63. The summed E-state index contributed by atoms with van der Waals surface area (Å²) in [6, 6.07) is 4.13. The number of carbonyl (C=O) groups is 1. The molecule has 0 bridgehead atoms. The van der Waals surface area contributed by atoms with Crippen molar-refractivity contribution in [3.8, 4) is 5.75 Å². The zero-order chi connectivity index (χ0) is 15.5. The van der Waals surface area contributed by atoms with Crippen molar-refractivity contribution in [3.05, 3.63) is 35.7 Å². The van der Waals surface area contributed by atoms with Gasteiger partial charge in [0.05, 0.1) is 11.7 Å². The van der Waals surface area contributed by atoms with Crippen molar-refractivity contribution >= 4 is 12.0 Å². The van der Waals surface area contributed by atoms with Crippen LogP contribution in [0.15, 0.2) is 24.3 Å². The maximum atomic E-state index is 13.5. The van der Waals surface area contributed by atoms with Gasteiger partial charge in [0, 0.05) is 12.1 Å². The Morgan fingerprint density at radius 1 is 1.52 bits per heavy atom. The van der Waals surface area contributed by atoms with Gasteiger partial charge in [-0.2, -0.15) is 0 Å². The highest BCUT2D eigenvalue weighted by atomic mass is 19.1. The highest BCUT2D eigenvalue weighted by Crippen LogP contribution is 2.29. The molecule has 0 radical (unpaired) electrons. The Balaban J connectivity index is 1.98. The molecule has 114 valence electrons. The third kappa shape index (κ3) is 4.86. The first-order chi connectivity index (χ1) is 9.84. The number of rotatable bonds is 5. The van der Waals surface area contributed by atoms with E-state index in [9.17, 15) is 9.18 Å². The van der Waals surface area contributed by atoms with Gasteiger partial charge in [0.1, 0.15) is 18.2 Å². The van der Waals surface area contributed by atoms with Gasteiger partial charge in [0.15, 0.2) is 0 Å². The number of hydrogen-bond acceptors (Lipinski definition) is 3. The van der Waals surface area contributed by atoms with Crippen molar-refractivity contribution in [2.24, 2.45) is 0 Å². The van der Waals surface area contributed by atoms with Crippen LogP contribution in [0.5, 0.6) is 5.75 Å². The van der Waals surface area contributed by atoms with Crippen molar-refractivity contribution in [2.75, 3.05) is 6.61 Å². The molecule has 1 aliphatic rings. The van der Waals surface area contributed by atoms with E-state index in [0.717, 1.165) is 18.9 Å². The van der Waals surface area contributed by atoms with E-state index in [-0.39, 0.29) is 11.7 Å². The number of ether oxygens (including phenoxy) is 2. The summed E-state index contributed by atoms with van der Waals surface area (Å²) in [6.07, 6.45) is 4.17. The summed E-state index contributed by atoms with van der Waals surface area (Å²) in [5, 5.41) is 8.58. The fraction of sp³-hybridized carbons (Fsp3) is 0.438. The molecule has 0 spiro atoms. The molecule has 1 N–H and O–H groups in total. The molecule has 0 saturated carbocycles. The molecule has 1 aromatic carbocycles. The molecule has 1 fully saturated rings. The van der Waals surface area contributed by atoms with Crippen LogP contribution in [0, 0.1) is 5.82 Å². The lowest BCUT2D eigenvalue weighted by molar-refractivity contribution is -0.131. The minimum atomic E-state index is -1.08. The van der Waals surface area contributed by atoms with Crippen LogP contribution in [0.1, 0.15) is 32.3 Å². The summed E-state index contributed by atoms with van der Waals surface area (Å²) in [7, 11) is 0. The number of carboxylic acid groups (broad SMARTS) is 1. The third-order valence-electron chi connectivity index (χ3n) is 3.30. The highest BCUT2D eigenvalue weighted by molar-refractivity contribution is 5.85. The molecule has 5 heteroatoms. The molecule has 1 aliphatic heterocycles. The van der Waals surface area contributed by atoms with Gasteiger partial charge >= 0.3 is 5.97 Å². The Labute approximate surface area is 123 Å². The van der Waals surface area contributed by atoms with Crippen LogP contribution in [0.25, 0.3) is 6.08 Å². The van der Waals surface area contributed by atoms with Crippen molar-refractivity contribution in [1.82, 2.24) is 0 Å².